The second kappa shape index (κ2) is 3.10. The van der Waals surface area contributed by atoms with Gasteiger partial charge in [-0.3, -0.25) is 4.90 Å². The minimum Gasteiger partial charge on any atom is -0.369 e. The number of rotatable bonds is 2. The number of halogens is 1. The van der Waals surface area contributed by atoms with Crippen LogP contribution in [-0.4, -0.2) is 43.6 Å². The summed E-state index contributed by atoms with van der Waals surface area (Å²) in [4.78, 5) is 1.89. The zero-order valence-electron chi connectivity index (χ0n) is 5.51. The van der Waals surface area contributed by atoms with Crippen molar-refractivity contribution in [3.8, 4) is 0 Å². The van der Waals surface area contributed by atoms with Gasteiger partial charge < -0.3 is 4.74 Å². The fourth-order valence-corrected chi connectivity index (χ4v) is 0.896. The van der Waals surface area contributed by atoms with Crippen molar-refractivity contribution in [1.82, 2.24) is 10.0 Å². The third-order valence-corrected chi connectivity index (χ3v) is 1.32. The van der Waals surface area contributed by atoms with E-state index in [1.165, 1.54) is 0 Å². The van der Waals surface area contributed by atoms with Crippen molar-refractivity contribution in [2.24, 2.45) is 0 Å². The lowest BCUT2D eigenvalue weighted by atomic mass is 10.6. The Bertz CT molecular complexity index is 89.0. The van der Waals surface area contributed by atoms with Gasteiger partial charge in [-0.1, -0.05) is 0 Å². The van der Waals surface area contributed by atoms with Crippen LogP contribution in [0.1, 0.15) is 0 Å². The molecule has 0 amide bonds. The van der Waals surface area contributed by atoms with Gasteiger partial charge in [0.25, 0.3) is 0 Å². The lowest BCUT2D eigenvalue weighted by Gasteiger charge is -2.10. The van der Waals surface area contributed by atoms with Gasteiger partial charge in [0.15, 0.2) is 0 Å². The Labute approximate surface area is 53.9 Å². The Morgan fingerprint density at radius 3 is 2.78 bits per heavy atom. The van der Waals surface area contributed by atoms with E-state index in [-0.39, 0.29) is 0 Å². The molecule has 3 nitrogen and oxygen atoms in total. The minimum absolute atomic E-state index is 0.383. The maximum atomic E-state index is 12.2. The maximum Gasteiger partial charge on any atom is 0.0997 e. The predicted molar refractivity (Wildman–Crippen MR) is 31.3 cm³/mol. The third kappa shape index (κ3) is 1.89. The van der Waals surface area contributed by atoms with Crippen LogP contribution in [-0.2, 0) is 4.74 Å². The molecule has 9 heavy (non-hydrogen) atoms. The molecule has 54 valence electrons. The molecule has 1 heterocycles. The van der Waals surface area contributed by atoms with Crippen molar-refractivity contribution in [2.45, 2.75) is 0 Å². The Morgan fingerprint density at radius 2 is 2.33 bits per heavy atom. The van der Waals surface area contributed by atoms with E-state index in [0.717, 1.165) is 11.7 Å². The molecule has 0 saturated carbocycles. The molecule has 0 aromatic carbocycles. The quantitative estimate of drug-likeness (QED) is 0.496. The van der Waals surface area contributed by atoms with Gasteiger partial charge >= 0.3 is 0 Å². The molecule has 0 aromatic heterocycles. The fourth-order valence-electron chi connectivity index (χ4n) is 0.896. The largest absolute Gasteiger partial charge is 0.369 e. The first-order valence-corrected chi connectivity index (χ1v) is 2.95. The van der Waals surface area contributed by atoms with E-state index in [0.29, 0.717) is 19.9 Å². The van der Waals surface area contributed by atoms with Crippen LogP contribution in [0.3, 0.4) is 0 Å². The molecule has 0 aliphatic carbocycles. The minimum atomic E-state index is 0.383. The molecule has 0 bridgehead atoms. The van der Waals surface area contributed by atoms with E-state index in [9.17, 15) is 4.48 Å². The fraction of sp³-hybridized carbons (Fsp3) is 1.00. The summed E-state index contributed by atoms with van der Waals surface area (Å²) in [6, 6.07) is 0. The number of nitrogens with zero attached hydrogens (tertiary/aromatic N) is 2. The average Bonchev–Trinajstić information content (AvgIpc) is 2.17. The van der Waals surface area contributed by atoms with Crippen molar-refractivity contribution in [3.63, 3.8) is 0 Å². The summed E-state index contributed by atoms with van der Waals surface area (Å²) in [5, 5.41) is 0.777. The van der Waals surface area contributed by atoms with Crippen LogP contribution in [0, 0.1) is 0 Å². The Hall–Kier alpha value is -0.190. The van der Waals surface area contributed by atoms with Crippen molar-refractivity contribution in [2.75, 3.05) is 33.6 Å². The summed E-state index contributed by atoms with van der Waals surface area (Å²) in [7, 11) is 1.61. The molecular weight excluding hydrogens is 123 g/mol. The topological polar surface area (TPSA) is 15.7 Å². The number of ether oxygens (including phenoxy) is 1. The van der Waals surface area contributed by atoms with Crippen molar-refractivity contribution < 1.29 is 9.22 Å². The standard InChI is InChI=1S/C5H11FN2O/c1-9-5-7-2-3-8(6)4-7/h2-5H2,1H3. The van der Waals surface area contributed by atoms with E-state index in [1.54, 1.807) is 7.11 Å². The molecule has 1 fully saturated rings. The van der Waals surface area contributed by atoms with Gasteiger partial charge in [-0.05, 0) is 0 Å². The van der Waals surface area contributed by atoms with Crippen LogP contribution in [0.4, 0.5) is 4.48 Å². The van der Waals surface area contributed by atoms with E-state index in [1.807, 2.05) is 4.90 Å². The highest BCUT2D eigenvalue weighted by Gasteiger charge is 2.17. The second-order valence-electron chi connectivity index (χ2n) is 2.14. The van der Waals surface area contributed by atoms with E-state index in [4.69, 9.17) is 4.74 Å². The Morgan fingerprint density at radius 1 is 1.56 bits per heavy atom. The number of methoxy groups -OCH3 is 1. The normalized spacial score (nSPS) is 23.3. The smallest absolute Gasteiger partial charge is 0.0997 e. The summed E-state index contributed by atoms with van der Waals surface area (Å²) in [6.45, 7) is 2.18. The van der Waals surface area contributed by atoms with Gasteiger partial charge in [0.05, 0.1) is 13.4 Å². The lowest BCUT2D eigenvalue weighted by Crippen LogP contribution is -2.23. The highest BCUT2D eigenvalue weighted by Crippen LogP contribution is 2.02. The van der Waals surface area contributed by atoms with Crippen LogP contribution < -0.4 is 0 Å². The average molecular weight is 134 g/mol. The van der Waals surface area contributed by atoms with Crippen molar-refractivity contribution in [3.05, 3.63) is 0 Å². The number of hydrogen-bond acceptors (Lipinski definition) is 3. The summed E-state index contributed by atoms with van der Waals surface area (Å²) in [5.41, 5.74) is 0. The molecule has 0 N–H and O–H groups in total. The highest BCUT2D eigenvalue weighted by molar-refractivity contribution is 4.60. The molecular formula is C5H11FN2O. The molecule has 1 rings (SSSR count). The molecule has 0 unspecified atom stereocenters. The zero-order chi connectivity index (χ0) is 6.69. The van der Waals surface area contributed by atoms with Gasteiger partial charge in [0.1, 0.15) is 0 Å². The molecule has 1 saturated heterocycles. The molecule has 0 atom stereocenters. The van der Waals surface area contributed by atoms with E-state index >= 15 is 0 Å². The maximum absolute atomic E-state index is 12.2. The third-order valence-electron chi connectivity index (χ3n) is 1.32. The monoisotopic (exact) mass is 134 g/mol. The number of hydrogen-bond donors (Lipinski definition) is 0. The molecule has 0 spiro atoms. The van der Waals surface area contributed by atoms with Gasteiger partial charge in [-0.15, -0.1) is 9.60 Å². The first-order valence-electron chi connectivity index (χ1n) is 2.95. The Balaban J connectivity index is 2.14. The molecule has 1 aliphatic heterocycles. The van der Waals surface area contributed by atoms with Gasteiger partial charge in [-0.2, -0.15) is 0 Å². The van der Waals surface area contributed by atoms with E-state index < -0.39 is 0 Å². The Kier molecular flexibility index (Phi) is 2.38. The molecule has 1 aliphatic rings. The van der Waals surface area contributed by atoms with Crippen LogP contribution in [0.5, 0.6) is 0 Å². The summed E-state index contributed by atoms with van der Waals surface area (Å²) < 4.78 is 17.0. The molecule has 0 radical (unpaired) electrons. The van der Waals surface area contributed by atoms with Crippen LogP contribution in [0.15, 0.2) is 0 Å². The summed E-state index contributed by atoms with van der Waals surface area (Å²) in [5.74, 6) is 0. The zero-order valence-corrected chi connectivity index (χ0v) is 5.51. The van der Waals surface area contributed by atoms with Crippen molar-refractivity contribution >= 4 is 0 Å². The van der Waals surface area contributed by atoms with Gasteiger partial charge in [-0.25, -0.2) is 0 Å². The van der Waals surface area contributed by atoms with Crippen molar-refractivity contribution in [1.29, 1.82) is 0 Å². The lowest BCUT2D eigenvalue weighted by molar-refractivity contribution is 0.00592. The SMILES string of the molecule is COCN1CCN(F)C1. The van der Waals surface area contributed by atoms with Crippen LogP contribution in [0.25, 0.3) is 0 Å². The van der Waals surface area contributed by atoms with Crippen LogP contribution in [0.2, 0.25) is 0 Å². The first-order chi connectivity index (χ1) is 4.33. The first kappa shape index (κ1) is 6.92. The van der Waals surface area contributed by atoms with E-state index in [2.05, 4.69) is 0 Å². The highest BCUT2D eigenvalue weighted by atomic mass is 19.2. The summed E-state index contributed by atoms with van der Waals surface area (Å²) >= 11 is 0. The predicted octanol–water partition coefficient (Wildman–Crippen LogP) is 0.0499. The molecule has 4 heteroatoms. The second-order valence-corrected chi connectivity index (χ2v) is 2.14. The van der Waals surface area contributed by atoms with Gasteiger partial charge in [0.2, 0.25) is 0 Å². The molecule has 0 aromatic rings. The summed E-state index contributed by atoms with van der Waals surface area (Å²) in [6.07, 6.45) is 0. The van der Waals surface area contributed by atoms with Crippen LogP contribution >= 0.6 is 0 Å². The van der Waals surface area contributed by atoms with Gasteiger partial charge in [0, 0.05) is 20.2 Å².